The number of hydrogen-bond acceptors (Lipinski definition) is 2. The smallest absolute Gasteiger partial charge is 0.202 e. The van der Waals surface area contributed by atoms with Crippen LogP contribution in [0.25, 0.3) is 0 Å². The van der Waals surface area contributed by atoms with Gasteiger partial charge in [-0.2, -0.15) is 0 Å². The molecule has 0 N–H and O–H groups in total. The standard InChI is InChI=1S/C19H32O2Si2/c1-13-11-14(2)16(15(3)12-13)17(20)23(10,22(7,8)9)18(21)19(4,5)6/h11-12H,1-10H3. The molecule has 0 amide bonds. The predicted molar refractivity (Wildman–Crippen MR) is 104 cm³/mol. The van der Waals surface area contributed by atoms with Crippen LogP contribution in [0.3, 0.4) is 0 Å². The zero-order valence-electron chi connectivity index (χ0n) is 16.5. The van der Waals surface area contributed by atoms with Gasteiger partial charge >= 0.3 is 0 Å². The molecule has 0 aliphatic rings. The zero-order chi connectivity index (χ0) is 18.4. The molecule has 1 rings (SSSR count). The fourth-order valence-electron chi connectivity index (χ4n) is 3.32. The van der Waals surface area contributed by atoms with Crippen molar-refractivity contribution in [2.45, 2.75) is 67.7 Å². The summed E-state index contributed by atoms with van der Waals surface area (Å²) < 4.78 is 0. The highest BCUT2D eigenvalue weighted by atomic mass is 29.3. The third-order valence-electron chi connectivity index (χ3n) is 4.99. The summed E-state index contributed by atoms with van der Waals surface area (Å²) in [5.74, 6) is 0. The van der Waals surface area contributed by atoms with Crippen molar-refractivity contribution in [1.29, 1.82) is 0 Å². The van der Waals surface area contributed by atoms with Gasteiger partial charge in [-0.15, -0.1) is 0 Å². The van der Waals surface area contributed by atoms with E-state index in [-0.39, 0.29) is 10.8 Å². The maximum absolute atomic E-state index is 13.6. The third-order valence-corrected chi connectivity index (χ3v) is 21.2. The first kappa shape index (κ1) is 20.0. The van der Waals surface area contributed by atoms with Crippen molar-refractivity contribution in [2.24, 2.45) is 5.41 Å². The second-order valence-electron chi connectivity index (χ2n) is 9.06. The summed E-state index contributed by atoms with van der Waals surface area (Å²) >= 11 is 0. The van der Waals surface area contributed by atoms with Gasteiger partial charge in [0, 0.05) is 11.0 Å². The summed E-state index contributed by atoms with van der Waals surface area (Å²) in [7, 11) is -4.70. The highest BCUT2D eigenvalue weighted by Gasteiger charge is 2.57. The lowest BCUT2D eigenvalue weighted by Gasteiger charge is -2.40. The molecule has 0 saturated carbocycles. The van der Waals surface area contributed by atoms with Crippen LogP contribution in [0.15, 0.2) is 12.1 Å². The van der Waals surface area contributed by atoms with Crippen molar-refractivity contribution >= 4 is 26.0 Å². The van der Waals surface area contributed by atoms with Gasteiger partial charge in [-0.05, 0) is 31.9 Å². The molecule has 128 valence electrons. The number of carbonyl (C=O) groups is 2. The van der Waals surface area contributed by atoms with E-state index >= 15 is 0 Å². The monoisotopic (exact) mass is 348 g/mol. The van der Waals surface area contributed by atoms with Gasteiger partial charge in [-0.3, -0.25) is 4.79 Å². The molecule has 2 nitrogen and oxygen atoms in total. The molecule has 0 heterocycles. The summed E-state index contributed by atoms with van der Waals surface area (Å²) in [6, 6.07) is 4.11. The third kappa shape index (κ3) is 3.58. The number of carbonyl (C=O) groups excluding carboxylic acids is 2. The Morgan fingerprint density at radius 1 is 0.870 bits per heavy atom. The SMILES string of the molecule is Cc1cc(C)c(C(=O)[Si](C)(C(=O)C(C)(C)C)[Si](C)(C)C)c(C)c1. The Kier molecular flexibility index (Phi) is 5.34. The molecule has 0 saturated heterocycles. The summed E-state index contributed by atoms with van der Waals surface area (Å²) in [6.45, 7) is 20.4. The van der Waals surface area contributed by atoms with E-state index in [4.69, 9.17) is 0 Å². The van der Waals surface area contributed by atoms with Crippen molar-refractivity contribution in [3.8, 4) is 0 Å². The first-order valence-corrected chi connectivity index (χ1v) is 15.3. The first-order valence-electron chi connectivity index (χ1n) is 8.31. The Morgan fingerprint density at radius 3 is 1.57 bits per heavy atom. The van der Waals surface area contributed by atoms with Gasteiger partial charge in [0.25, 0.3) is 0 Å². The van der Waals surface area contributed by atoms with Crippen LogP contribution in [-0.4, -0.2) is 26.0 Å². The van der Waals surface area contributed by atoms with E-state index in [9.17, 15) is 9.59 Å². The van der Waals surface area contributed by atoms with Crippen molar-refractivity contribution in [3.63, 3.8) is 0 Å². The van der Waals surface area contributed by atoms with Gasteiger partial charge in [0.05, 0.1) is 7.59 Å². The molecule has 0 radical (unpaired) electrons. The van der Waals surface area contributed by atoms with Crippen LogP contribution in [0.1, 0.15) is 47.8 Å². The van der Waals surface area contributed by atoms with E-state index in [0.29, 0.717) is 0 Å². The summed E-state index contributed by atoms with van der Waals surface area (Å²) in [4.78, 5) is 26.9. The largest absolute Gasteiger partial charge is 0.305 e. The lowest BCUT2D eigenvalue weighted by atomic mass is 9.99. The molecular weight excluding hydrogens is 316 g/mol. The number of rotatable bonds is 4. The molecule has 1 unspecified atom stereocenters. The maximum Gasteiger partial charge on any atom is 0.202 e. The molecule has 1 atom stereocenters. The van der Waals surface area contributed by atoms with Crippen molar-refractivity contribution in [1.82, 2.24) is 0 Å². The predicted octanol–water partition coefficient (Wildman–Crippen LogP) is 4.98. The van der Waals surface area contributed by atoms with Gasteiger partial charge in [0.1, 0.15) is 10.8 Å². The van der Waals surface area contributed by atoms with Gasteiger partial charge in [0.2, 0.25) is 7.59 Å². The Bertz CT molecular complexity index is 625. The lowest BCUT2D eigenvalue weighted by molar-refractivity contribution is -0.119. The highest BCUT2D eigenvalue weighted by Crippen LogP contribution is 2.33. The normalized spacial score (nSPS) is 15.2. The van der Waals surface area contributed by atoms with Crippen molar-refractivity contribution in [3.05, 3.63) is 34.4 Å². The minimum absolute atomic E-state index is 0.145. The molecular formula is C19H32O2Si2. The summed E-state index contributed by atoms with van der Waals surface area (Å²) in [6.07, 6.45) is 0. The van der Waals surface area contributed by atoms with Gasteiger partial charge in [-0.1, -0.05) is 64.7 Å². The molecule has 0 bridgehead atoms. The van der Waals surface area contributed by atoms with Crippen molar-refractivity contribution < 1.29 is 9.59 Å². The van der Waals surface area contributed by atoms with Crippen molar-refractivity contribution in [2.75, 3.05) is 0 Å². The lowest BCUT2D eigenvalue weighted by Crippen LogP contribution is -2.69. The van der Waals surface area contributed by atoms with E-state index in [1.54, 1.807) is 0 Å². The molecule has 0 aromatic heterocycles. The second-order valence-corrected chi connectivity index (χ2v) is 24.2. The van der Waals surface area contributed by atoms with Gasteiger partial charge < -0.3 is 4.79 Å². The summed E-state index contributed by atoms with van der Waals surface area (Å²) in [5.41, 5.74) is 3.50. The molecule has 0 aliphatic carbocycles. The average Bonchev–Trinajstić information content (AvgIpc) is 2.32. The van der Waals surface area contributed by atoms with E-state index in [0.717, 1.165) is 22.3 Å². The van der Waals surface area contributed by atoms with E-state index in [1.807, 2.05) is 48.1 Å². The molecule has 0 aliphatic heterocycles. The molecule has 0 spiro atoms. The minimum atomic E-state index is -2.75. The number of aryl methyl sites for hydroxylation is 3. The fraction of sp³-hybridized carbons (Fsp3) is 0.579. The number of hydrogen-bond donors (Lipinski definition) is 0. The van der Waals surface area contributed by atoms with Crippen LogP contribution < -0.4 is 0 Å². The average molecular weight is 349 g/mol. The molecule has 23 heavy (non-hydrogen) atoms. The Morgan fingerprint density at radius 2 is 1.26 bits per heavy atom. The van der Waals surface area contributed by atoms with Crippen LogP contribution in [0.2, 0.25) is 26.2 Å². The maximum atomic E-state index is 13.6. The Labute approximate surface area is 143 Å². The topological polar surface area (TPSA) is 34.1 Å². The summed E-state index contributed by atoms with van der Waals surface area (Å²) in [5, 5.41) is 0.347. The zero-order valence-corrected chi connectivity index (χ0v) is 18.5. The molecule has 1 aromatic carbocycles. The van der Waals surface area contributed by atoms with E-state index in [1.165, 1.54) is 0 Å². The fourth-order valence-corrected chi connectivity index (χ4v) is 12.9. The van der Waals surface area contributed by atoms with E-state index < -0.39 is 20.6 Å². The van der Waals surface area contributed by atoms with Gasteiger partial charge in [-0.25, -0.2) is 0 Å². The number of benzene rings is 1. The first-order chi connectivity index (χ1) is 10.1. The minimum Gasteiger partial charge on any atom is -0.305 e. The van der Waals surface area contributed by atoms with Crippen LogP contribution in [0.5, 0.6) is 0 Å². The Hall–Kier alpha value is -1.01. The van der Waals surface area contributed by atoms with Crippen LogP contribution >= 0.6 is 0 Å². The van der Waals surface area contributed by atoms with E-state index in [2.05, 4.69) is 31.8 Å². The Balaban J connectivity index is 3.65. The van der Waals surface area contributed by atoms with Gasteiger partial charge in [0.15, 0.2) is 0 Å². The van der Waals surface area contributed by atoms with Crippen LogP contribution in [0.4, 0.5) is 0 Å². The molecule has 1 aromatic rings. The second kappa shape index (κ2) is 6.13. The van der Waals surface area contributed by atoms with Crippen LogP contribution in [0, 0.1) is 26.2 Å². The molecule has 4 heteroatoms. The molecule has 0 fully saturated rings. The highest BCUT2D eigenvalue weighted by molar-refractivity contribution is 7.62. The quantitative estimate of drug-likeness (QED) is 0.719. The van der Waals surface area contributed by atoms with Crippen LogP contribution in [-0.2, 0) is 4.79 Å².